The summed E-state index contributed by atoms with van der Waals surface area (Å²) < 4.78 is 0.988. The van der Waals surface area contributed by atoms with Crippen LogP contribution in [0.3, 0.4) is 0 Å². The maximum Gasteiger partial charge on any atom is 0.257 e. The molecule has 4 rings (SSSR count). The van der Waals surface area contributed by atoms with E-state index >= 15 is 0 Å². The molecule has 0 bridgehead atoms. The molecule has 0 radical (unpaired) electrons. The van der Waals surface area contributed by atoms with Crippen LogP contribution < -0.4 is 10.6 Å². The van der Waals surface area contributed by atoms with E-state index in [0.29, 0.717) is 10.7 Å². The number of amides is 1. The van der Waals surface area contributed by atoms with Gasteiger partial charge in [-0.05, 0) is 71.2 Å². The summed E-state index contributed by atoms with van der Waals surface area (Å²) in [6.45, 7) is 4.14. The van der Waals surface area contributed by atoms with Crippen LogP contribution in [0.5, 0.6) is 0 Å². The van der Waals surface area contributed by atoms with Gasteiger partial charge < -0.3 is 5.32 Å². The van der Waals surface area contributed by atoms with Gasteiger partial charge in [-0.15, -0.1) is 11.3 Å². The fourth-order valence-electron chi connectivity index (χ4n) is 3.24. The van der Waals surface area contributed by atoms with E-state index in [1.807, 2.05) is 35.7 Å². The van der Waals surface area contributed by atoms with Gasteiger partial charge in [0.2, 0.25) is 0 Å². The van der Waals surface area contributed by atoms with Crippen LogP contribution in [-0.2, 0) is 0 Å². The predicted molar refractivity (Wildman–Crippen MR) is 127 cm³/mol. The Morgan fingerprint density at radius 3 is 2.53 bits per heavy atom. The van der Waals surface area contributed by atoms with Gasteiger partial charge in [0, 0.05) is 39.1 Å². The highest BCUT2D eigenvalue weighted by atomic mass is 79.9. The zero-order valence-corrected chi connectivity index (χ0v) is 18.8. The molecule has 0 saturated carbocycles. The van der Waals surface area contributed by atoms with Crippen molar-refractivity contribution in [3.8, 4) is 11.3 Å². The Labute approximate surface area is 187 Å². The van der Waals surface area contributed by atoms with Crippen molar-refractivity contribution in [3.05, 3.63) is 87.5 Å². The number of hydrogen-bond acceptors (Lipinski definition) is 5. The largest absolute Gasteiger partial charge is 0.355 e. The summed E-state index contributed by atoms with van der Waals surface area (Å²) in [5.74, 6) is -0.199. The van der Waals surface area contributed by atoms with Gasteiger partial charge in [-0.25, -0.2) is 4.98 Å². The molecular formula is C23H19BrN4OS. The molecule has 1 amide bonds. The van der Waals surface area contributed by atoms with Crippen molar-refractivity contribution in [3.63, 3.8) is 0 Å². The molecule has 2 heterocycles. The number of hydrogen-bond donors (Lipinski definition) is 2. The summed E-state index contributed by atoms with van der Waals surface area (Å²) in [7, 11) is 0. The summed E-state index contributed by atoms with van der Waals surface area (Å²) in [5.41, 5.74) is 6.67. The van der Waals surface area contributed by atoms with E-state index in [1.54, 1.807) is 24.5 Å². The number of thiazole rings is 1. The lowest BCUT2D eigenvalue weighted by Crippen LogP contribution is -2.11. The van der Waals surface area contributed by atoms with E-state index in [9.17, 15) is 4.79 Å². The third-order valence-corrected chi connectivity index (χ3v) is 6.45. The molecule has 0 atom stereocenters. The van der Waals surface area contributed by atoms with E-state index in [0.717, 1.165) is 38.2 Å². The number of halogens is 1. The molecule has 4 aromatic rings. The molecule has 0 fully saturated rings. The van der Waals surface area contributed by atoms with Crippen LogP contribution in [0.15, 0.2) is 70.8 Å². The zero-order chi connectivity index (χ0) is 21.1. The van der Waals surface area contributed by atoms with E-state index < -0.39 is 0 Å². The summed E-state index contributed by atoms with van der Waals surface area (Å²) in [4.78, 5) is 21.0. The second-order valence-electron chi connectivity index (χ2n) is 6.77. The number of nitrogens with zero attached hydrogens (tertiary/aromatic N) is 2. The van der Waals surface area contributed by atoms with Crippen molar-refractivity contribution >= 4 is 49.7 Å². The summed E-state index contributed by atoms with van der Waals surface area (Å²) >= 11 is 5.14. The van der Waals surface area contributed by atoms with Crippen molar-refractivity contribution in [1.82, 2.24) is 9.97 Å². The van der Waals surface area contributed by atoms with Gasteiger partial charge in [-0.3, -0.25) is 15.1 Å². The highest BCUT2D eigenvalue weighted by molar-refractivity contribution is 9.10. The van der Waals surface area contributed by atoms with E-state index in [2.05, 4.69) is 56.4 Å². The fraction of sp³-hybridized carbons (Fsp3) is 0.0870. The lowest BCUT2D eigenvalue weighted by Gasteiger charge is -2.16. The first-order valence-electron chi connectivity index (χ1n) is 9.32. The first-order valence-corrected chi connectivity index (χ1v) is 11.0. The standard InChI is InChI=1S/C23H19BrN4OS/c1-14-12-18(26-17-6-4-3-5-7-17)21(24)15(2)20(14)19-13-30-23(27-19)28-22(29)16-8-10-25-11-9-16/h3-13,26H,1-2H3,(H,27,28,29). The second-order valence-corrected chi connectivity index (χ2v) is 8.43. The number of aryl methyl sites for hydroxylation is 1. The third-order valence-electron chi connectivity index (χ3n) is 4.67. The molecular weight excluding hydrogens is 460 g/mol. The molecule has 0 spiro atoms. The topological polar surface area (TPSA) is 66.9 Å². The molecule has 0 aliphatic rings. The lowest BCUT2D eigenvalue weighted by atomic mass is 9.99. The maximum absolute atomic E-state index is 12.4. The van der Waals surface area contributed by atoms with Crippen molar-refractivity contribution in [2.45, 2.75) is 13.8 Å². The predicted octanol–water partition coefficient (Wildman–Crippen LogP) is 6.58. The number of benzene rings is 2. The Hall–Kier alpha value is -3.03. The van der Waals surface area contributed by atoms with E-state index in [4.69, 9.17) is 0 Å². The molecule has 30 heavy (non-hydrogen) atoms. The Balaban J connectivity index is 1.60. The number of rotatable bonds is 5. The lowest BCUT2D eigenvalue weighted by molar-refractivity contribution is 0.102. The molecule has 2 aromatic carbocycles. The maximum atomic E-state index is 12.4. The van der Waals surface area contributed by atoms with Gasteiger partial charge in [-0.2, -0.15) is 0 Å². The normalized spacial score (nSPS) is 10.6. The SMILES string of the molecule is Cc1cc(Nc2ccccc2)c(Br)c(C)c1-c1csc(NC(=O)c2ccncc2)n1. The third kappa shape index (κ3) is 4.27. The van der Waals surface area contributed by atoms with Crippen LogP contribution in [0.25, 0.3) is 11.3 Å². The Bertz CT molecular complexity index is 1190. The van der Waals surface area contributed by atoms with Crippen LogP contribution in [-0.4, -0.2) is 15.9 Å². The van der Waals surface area contributed by atoms with Gasteiger partial charge in [-0.1, -0.05) is 18.2 Å². The monoisotopic (exact) mass is 478 g/mol. The first-order chi connectivity index (χ1) is 14.5. The van der Waals surface area contributed by atoms with Gasteiger partial charge in [0.1, 0.15) is 0 Å². The Morgan fingerprint density at radius 1 is 1.07 bits per heavy atom. The van der Waals surface area contributed by atoms with Crippen molar-refractivity contribution in [1.29, 1.82) is 0 Å². The number of para-hydroxylation sites is 1. The average molecular weight is 479 g/mol. The average Bonchev–Trinajstić information content (AvgIpc) is 3.21. The minimum Gasteiger partial charge on any atom is -0.355 e. The molecule has 2 N–H and O–H groups in total. The molecule has 7 heteroatoms. The smallest absolute Gasteiger partial charge is 0.257 e. The van der Waals surface area contributed by atoms with Gasteiger partial charge in [0.25, 0.3) is 5.91 Å². The van der Waals surface area contributed by atoms with Crippen LogP contribution in [0, 0.1) is 13.8 Å². The fourth-order valence-corrected chi connectivity index (χ4v) is 4.35. The number of pyridine rings is 1. The highest BCUT2D eigenvalue weighted by Gasteiger charge is 2.17. The number of carbonyl (C=O) groups is 1. The van der Waals surface area contributed by atoms with Gasteiger partial charge in [0.05, 0.1) is 11.4 Å². The van der Waals surface area contributed by atoms with Crippen molar-refractivity contribution in [2.24, 2.45) is 0 Å². The van der Waals surface area contributed by atoms with Gasteiger partial charge in [0.15, 0.2) is 5.13 Å². The molecule has 0 unspecified atom stereocenters. The summed E-state index contributed by atoms with van der Waals surface area (Å²) in [6, 6.07) is 15.5. The first kappa shape index (κ1) is 20.3. The number of nitrogens with one attached hydrogen (secondary N) is 2. The van der Waals surface area contributed by atoms with E-state index in [1.165, 1.54) is 11.3 Å². The molecule has 5 nitrogen and oxygen atoms in total. The van der Waals surface area contributed by atoms with Crippen LogP contribution >= 0.6 is 27.3 Å². The zero-order valence-electron chi connectivity index (χ0n) is 16.4. The van der Waals surface area contributed by atoms with Crippen molar-refractivity contribution in [2.75, 3.05) is 10.6 Å². The molecule has 0 aliphatic heterocycles. The number of aromatic nitrogens is 2. The van der Waals surface area contributed by atoms with Gasteiger partial charge >= 0.3 is 0 Å². The summed E-state index contributed by atoms with van der Waals surface area (Å²) in [5, 5.41) is 8.85. The molecule has 2 aromatic heterocycles. The Kier molecular flexibility index (Phi) is 5.92. The second kappa shape index (κ2) is 8.77. The highest BCUT2D eigenvalue weighted by Crippen LogP contribution is 2.39. The number of carbonyl (C=O) groups excluding carboxylic acids is 1. The molecule has 0 saturated heterocycles. The van der Waals surface area contributed by atoms with Crippen LogP contribution in [0.1, 0.15) is 21.5 Å². The summed E-state index contributed by atoms with van der Waals surface area (Å²) in [6.07, 6.45) is 3.19. The molecule has 0 aliphatic carbocycles. The minimum atomic E-state index is -0.199. The minimum absolute atomic E-state index is 0.199. The van der Waals surface area contributed by atoms with E-state index in [-0.39, 0.29) is 5.91 Å². The number of anilines is 3. The van der Waals surface area contributed by atoms with Crippen LogP contribution in [0.4, 0.5) is 16.5 Å². The van der Waals surface area contributed by atoms with Crippen molar-refractivity contribution < 1.29 is 4.79 Å². The molecule has 150 valence electrons. The Morgan fingerprint density at radius 2 is 1.80 bits per heavy atom. The quantitative estimate of drug-likeness (QED) is 0.339. The van der Waals surface area contributed by atoms with Crippen LogP contribution in [0.2, 0.25) is 0 Å².